The van der Waals surface area contributed by atoms with Crippen LogP contribution in [0.15, 0.2) is 0 Å². The van der Waals surface area contributed by atoms with E-state index in [0.29, 0.717) is 11.5 Å². The number of piperazine rings is 2. The highest BCUT2D eigenvalue weighted by molar-refractivity contribution is 8.00. The number of rotatable bonds is 4. The van der Waals surface area contributed by atoms with Gasteiger partial charge in [0.2, 0.25) is 11.8 Å². The van der Waals surface area contributed by atoms with Crippen LogP contribution in [0.4, 0.5) is 0 Å². The van der Waals surface area contributed by atoms with Crippen molar-refractivity contribution in [3.05, 3.63) is 0 Å². The number of nitrogens with zero attached hydrogens (tertiary/aromatic N) is 4. The number of thioether (sulfide) groups is 1. The summed E-state index contributed by atoms with van der Waals surface area (Å²) in [6, 6.07) is 0. The van der Waals surface area contributed by atoms with Crippen molar-refractivity contribution in [2.24, 2.45) is 0 Å². The molecular formula is C14H26N4O2S. The Bertz CT molecular complexity index is 330. The van der Waals surface area contributed by atoms with Crippen molar-refractivity contribution >= 4 is 23.6 Å². The number of likely N-dealkylation sites (N-methyl/N-ethyl adjacent to an activating group) is 2. The van der Waals surface area contributed by atoms with Gasteiger partial charge in [-0.15, -0.1) is 11.8 Å². The lowest BCUT2D eigenvalue weighted by molar-refractivity contribution is -0.130. The van der Waals surface area contributed by atoms with Gasteiger partial charge in [0, 0.05) is 52.4 Å². The molecule has 0 unspecified atom stereocenters. The van der Waals surface area contributed by atoms with Crippen LogP contribution in [0.2, 0.25) is 0 Å². The van der Waals surface area contributed by atoms with E-state index < -0.39 is 0 Å². The van der Waals surface area contributed by atoms with Crippen LogP contribution in [0, 0.1) is 0 Å². The number of hydrogen-bond acceptors (Lipinski definition) is 5. The summed E-state index contributed by atoms with van der Waals surface area (Å²) in [5.41, 5.74) is 0. The minimum Gasteiger partial charge on any atom is -0.339 e. The maximum Gasteiger partial charge on any atom is 0.232 e. The third-order valence-electron chi connectivity index (χ3n) is 4.16. The van der Waals surface area contributed by atoms with E-state index in [1.165, 1.54) is 11.8 Å². The van der Waals surface area contributed by atoms with Crippen molar-refractivity contribution in [1.82, 2.24) is 19.6 Å². The van der Waals surface area contributed by atoms with Crippen LogP contribution >= 0.6 is 11.8 Å². The lowest BCUT2D eigenvalue weighted by Crippen LogP contribution is -2.48. The van der Waals surface area contributed by atoms with Crippen LogP contribution < -0.4 is 0 Å². The first kappa shape index (κ1) is 16.6. The Labute approximate surface area is 131 Å². The number of hydrogen-bond donors (Lipinski definition) is 0. The van der Waals surface area contributed by atoms with Gasteiger partial charge in [0.05, 0.1) is 11.5 Å². The van der Waals surface area contributed by atoms with Gasteiger partial charge in [0.1, 0.15) is 0 Å². The SMILES string of the molecule is CN1CCN(C(=O)CSCC(=O)N2CCN(C)CC2)CC1. The Morgan fingerprint density at radius 3 is 1.38 bits per heavy atom. The summed E-state index contributed by atoms with van der Waals surface area (Å²) in [7, 11) is 4.15. The molecular weight excluding hydrogens is 288 g/mol. The highest BCUT2D eigenvalue weighted by atomic mass is 32.2. The maximum absolute atomic E-state index is 12.1. The van der Waals surface area contributed by atoms with Gasteiger partial charge in [-0.1, -0.05) is 0 Å². The molecule has 0 aromatic rings. The van der Waals surface area contributed by atoms with E-state index in [0.717, 1.165) is 52.4 Å². The molecule has 0 aromatic carbocycles. The van der Waals surface area contributed by atoms with Crippen molar-refractivity contribution in [1.29, 1.82) is 0 Å². The Kier molecular flexibility index (Phi) is 6.32. The van der Waals surface area contributed by atoms with Gasteiger partial charge in [-0.2, -0.15) is 0 Å². The highest BCUT2D eigenvalue weighted by Gasteiger charge is 2.21. The Balaban J connectivity index is 1.62. The van der Waals surface area contributed by atoms with E-state index in [4.69, 9.17) is 0 Å². The van der Waals surface area contributed by atoms with Crippen molar-refractivity contribution in [3.8, 4) is 0 Å². The maximum atomic E-state index is 12.1. The molecule has 0 radical (unpaired) electrons. The van der Waals surface area contributed by atoms with Crippen molar-refractivity contribution < 1.29 is 9.59 Å². The summed E-state index contributed by atoms with van der Waals surface area (Å²) in [5.74, 6) is 1.17. The fraction of sp³-hybridized carbons (Fsp3) is 0.857. The molecule has 0 atom stereocenters. The fourth-order valence-electron chi connectivity index (χ4n) is 2.52. The summed E-state index contributed by atoms with van der Waals surface area (Å²) in [6.07, 6.45) is 0. The Hall–Kier alpha value is -0.790. The number of carbonyl (C=O) groups is 2. The largest absolute Gasteiger partial charge is 0.339 e. The number of carbonyl (C=O) groups excluding carboxylic acids is 2. The van der Waals surface area contributed by atoms with Gasteiger partial charge >= 0.3 is 0 Å². The lowest BCUT2D eigenvalue weighted by Gasteiger charge is -2.33. The van der Waals surface area contributed by atoms with Crippen molar-refractivity contribution in [3.63, 3.8) is 0 Å². The summed E-state index contributed by atoms with van der Waals surface area (Å²) in [5, 5.41) is 0. The van der Waals surface area contributed by atoms with E-state index in [1.54, 1.807) is 0 Å². The van der Waals surface area contributed by atoms with Crippen molar-refractivity contribution in [2.75, 3.05) is 78.0 Å². The van der Waals surface area contributed by atoms with Crippen LogP contribution in [-0.4, -0.2) is 109 Å². The van der Waals surface area contributed by atoms with Gasteiger partial charge in [-0.25, -0.2) is 0 Å². The van der Waals surface area contributed by atoms with Crippen LogP contribution in [0.25, 0.3) is 0 Å². The zero-order valence-electron chi connectivity index (χ0n) is 13.1. The lowest BCUT2D eigenvalue weighted by atomic mass is 10.3. The second kappa shape index (κ2) is 8.00. The van der Waals surface area contributed by atoms with Gasteiger partial charge in [0.15, 0.2) is 0 Å². The zero-order valence-corrected chi connectivity index (χ0v) is 13.9. The van der Waals surface area contributed by atoms with Crippen LogP contribution in [0.5, 0.6) is 0 Å². The van der Waals surface area contributed by atoms with Crippen LogP contribution in [0.3, 0.4) is 0 Å². The fourth-order valence-corrected chi connectivity index (χ4v) is 3.34. The van der Waals surface area contributed by atoms with E-state index in [-0.39, 0.29) is 11.8 Å². The molecule has 7 heteroatoms. The topological polar surface area (TPSA) is 47.1 Å². The molecule has 0 saturated carbocycles. The smallest absolute Gasteiger partial charge is 0.232 e. The molecule has 2 aliphatic heterocycles. The molecule has 2 amide bonds. The predicted molar refractivity (Wildman–Crippen MR) is 85.5 cm³/mol. The molecule has 2 rings (SSSR count). The number of amides is 2. The average molecular weight is 314 g/mol. The minimum absolute atomic E-state index is 0.166. The third kappa shape index (κ3) is 5.16. The molecule has 2 heterocycles. The minimum atomic E-state index is 0.166. The van der Waals surface area contributed by atoms with Crippen LogP contribution in [-0.2, 0) is 9.59 Å². The van der Waals surface area contributed by atoms with Gasteiger partial charge in [-0.05, 0) is 14.1 Å². The first-order valence-electron chi connectivity index (χ1n) is 7.56. The summed E-state index contributed by atoms with van der Waals surface area (Å²) in [6.45, 7) is 7.00. The quantitative estimate of drug-likeness (QED) is 0.685. The molecule has 21 heavy (non-hydrogen) atoms. The van der Waals surface area contributed by atoms with Gasteiger partial charge in [-0.3, -0.25) is 9.59 Å². The van der Waals surface area contributed by atoms with E-state index in [9.17, 15) is 9.59 Å². The Morgan fingerprint density at radius 1 is 0.714 bits per heavy atom. The van der Waals surface area contributed by atoms with Gasteiger partial charge in [0.25, 0.3) is 0 Å². The van der Waals surface area contributed by atoms with Crippen LogP contribution in [0.1, 0.15) is 0 Å². The molecule has 0 N–H and O–H groups in total. The monoisotopic (exact) mass is 314 g/mol. The first-order valence-corrected chi connectivity index (χ1v) is 8.72. The zero-order chi connectivity index (χ0) is 15.2. The molecule has 2 aliphatic rings. The molecule has 2 saturated heterocycles. The summed E-state index contributed by atoms with van der Waals surface area (Å²) in [4.78, 5) is 32.4. The molecule has 0 aromatic heterocycles. The van der Waals surface area contributed by atoms with Gasteiger partial charge < -0.3 is 19.6 Å². The molecule has 2 fully saturated rings. The average Bonchev–Trinajstić information content (AvgIpc) is 2.48. The Morgan fingerprint density at radius 2 is 1.05 bits per heavy atom. The molecule has 0 aliphatic carbocycles. The third-order valence-corrected chi connectivity index (χ3v) is 5.07. The van der Waals surface area contributed by atoms with E-state index in [1.807, 2.05) is 9.80 Å². The van der Waals surface area contributed by atoms with E-state index >= 15 is 0 Å². The standard InChI is InChI=1S/C14H26N4O2S/c1-15-3-7-17(8-4-15)13(19)11-21-12-14(20)18-9-5-16(2)6-10-18/h3-12H2,1-2H3. The summed E-state index contributed by atoms with van der Waals surface area (Å²) >= 11 is 1.45. The molecule has 6 nitrogen and oxygen atoms in total. The summed E-state index contributed by atoms with van der Waals surface area (Å²) < 4.78 is 0. The van der Waals surface area contributed by atoms with E-state index in [2.05, 4.69) is 23.9 Å². The second-order valence-electron chi connectivity index (χ2n) is 5.86. The highest BCUT2D eigenvalue weighted by Crippen LogP contribution is 2.08. The normalized spacial score (nSPS) is 21.6. The second-order valence-corrected chi connectivity index (χ2v) is 6.85. The molecule has 0 bridgehead atoms. The molecule has 0 spiro atoms. The van der Waals surface area contributed by atoms with Crippen molar-refractivity contribution in [2.45, 2.75) is 0 Å². The predicted octanol–water partition coefficient (Wildman–Crippen LogP) is -0.732. The molecule has 120 valence electrons. The first-order chi connectivity index (χ1) is 10.1.